The van der Waals surface area contributed by atoms with E-state index in [0.29, 0.717) is 5.56 Å². The molecule has 3 N–H and O–H groups in total. The van der Waals surface area contributed by atoms with Crippen molar-refractivity contribution in [2.24, 2.45) is 0 Å². The van der Waals surface area contributed by atoms with Gasteiger partial charge >= 0.3 is 5.97 Å². The second kappa shape index (κ2) is 3.94. The summed E-state index contributed by atoms with van der Waals surface area (Å²) in [5, 5.41) is 21.0. The second-order valence-corrected chi connectivity index (χ2v) is 3.75. The van der Waals surface area contributed by atoms with Gasteiger partial charge in [-0.25, -0.2) is 4.79 Å². The number of carbonyl (C=O) groups excluding carboxylic acids is 1. The SMILES string of the molecule is O=C1CC(O)C(c2cccc(C(=O)O)c2)N1. The lowest BCUT2D eigenvalue weighted by molar-refractivity contribution is -0.119. The standard InChI is InChI=1S/C11H11NO4/c13-8-5-9(14)12-10(8)6-2-1-3-7(4-6)11(15)16/h1-4,8,10,13H,5H2,(H,12,14)(H,15,16). The lowest BCUT2D eigenvalue weighted by atomic mass is 10.0. The lowest BCUT2D eigenvalue weighted by Crippen LogP contribution is -2.23. The second-order valence-electron chi connectivity index (χ2n) is 3.75. The molecule has 1 aromatic rings. The zero-order chi connectivity index (χ0) is 11.7. The summed E-state index contributed by atoms with van der Waals surface area (Å²) in [6, 6.07) is 5.70. The molecule has 2 atom stereocenters. The summed E-state index contributed by atoms with van der Waals surface area (Å²) < 4.78 is 0. The maximum Gasteiger partial charge on any atom is 0.335 e. The Bertz CT molecular complexity index is 443. The van der Waals surface area contributed by atoms with Crippen LogP contribution in [-0.4, -0.2) is 28.2 Å². The van der Waals surface area contributed by atoms with Gasteiger partial charge in [-0.2, -0.15) is 0 Å². The molecule has 1 aromatic carbocycles. The molecule has 5 nitrogen and oxygen atoms in total. The molecule has 1 heterocycles. The van der Waals surface area contributed by atoms with Crippen molar-refractivity contribution in [1.29, 1.82) is 0 Å². The summed E-state index contributed by atoms with van der Waals surface area (Å²) >= 11 is 0. The molecule has 2 unspecified atom stereocenters. The predicted molar refractivity (Wildman–Crippen MR) is 54.9 cm³/mol. The topological polar surface area (TPSA) is 86.6 Å². The molecule has 1 saturated heterocycles. The quantitative estimate of drug-likeness (QED) is 0.670. The van der Waals surface area contributed by atoms with Gasteiger partial charge in [-0.05, 0) is 17.7 Å². The Balaban J connectivity index is 2.30. The fourth-order valence-electron chi connectivity index (χ4n) is 1.81. The Morgan fingerprint density at radius 3 is 2.75 bits per heavy atom. The van der Waals surface area contributed by atoms with Gasteiger partial charge in [0.2, 0.25) is 5.91 Å². The number of benzene rings is 1. The van der Waals surface area contributed by atoms with E-state index in [2.05, 4.69) is 5.32 Å². The van der Waals surface area contributed by atoms with Crippen LogP contribution in [0.15, 0.2) is 24.3 Å². The average molecular weight is 221 g/mol. The van der Waals surface area contributed by atoms with Gasteiger partial charge in [-0.3, -0.25) is 4.79 Å². The number of carboxylic acids is 1. The number of carboxylic acid groups (broad SMARTS) is 1. The van der Waals surface area contributed by atoms with Crippen molar-refractivity contribution < 1.29 is 19.8 Å². The molecule has 0 radical (unpaired) electrons. The van der Waals surface area contributed by atoms with Crippen LogP contribution in [0.5, 0.6) is 0 Å². The van der Waals surface area contributed by atoms with Crippen LogP contribution in [0.4, 0.5) is 0 Å². The number of carbonyl (C=O) groups is 2. The summed E-state index contributed by atoms with van der Waals surface area (Å²) in [5.41, 5.74) is 0.754. The first kappa shape index (κ1) is 10.6. The summed E-state index contributed by atoms with van der Waals surface area (Å²) in [6.45, 7) is 0. The van der Waals surface area contributed by atoms with Crippen molar-refractivity contribution in [3.63, 3.8) is 0 Å². The predicted octanol–water partition coefficient (Wildman–Crippen LogP) is 0.307. The highest BCUT2D eigenvalue weighted by atomic mass is 16.4. The maximum absolute atomic E-state index is 11.1. The highest BCUT2D eigenvalue weighted by Crippen LogP contribution is 2.24. The van der Waals surface area contributed by atoms with Gasteiger partial charge in [0, 0.05) is 0 Å². The first-order valence-corrected chi connectivity index (χ1v) is 4.88. The molecule has 0 bridgehead atoms. The fraction of sp³-hybridized carbons (Fsp3) is 0.273. The van der Waals surface area contributed by atoms with Crippen LogP contribution in [-0.2, 0) is 4.79 Å². The van der Waals surface area contributed by atoms with Crippen molar-refractivity contribution in [2.45, 2.75) is 18.6 Å². The Labute approximate surface area is 91.7 Å². The minimum absolute atomic E-state index is 0.0575. The van der Waals surface area contributed by atoms with Crippen molar-refractivity contribution in [2.75, 3.05) is 0 Å². The lowest BCUT2D eigenvalue weighted by Gasteiger charge is -2.14. The number of aliphatic hydroxyl groups excluding tert-OH is 1. The van der Waals surface area contributed by atoms with Gasteiger partial charge in [0.25, 0.3) is 0 Å². The third kappa shape index (κ3) is 1.90. The molecule has 1 amide bonds. The Kier molecular flexibility index (Phi) is 2.62. The van der Waals surface area contributed by atoms with Gasteiger partial charge in [-0.1, -0.05) is 12.1 Å². The molecule has 0 spiro atoms. The number of aliphatic hydroxyl groups is 1. The molecular formula is C11H11NO4. The molecule has 84 valence electrons. The van der Waals surface area contributed by atoms with E-state index in [4.69, 9.17) is 5.11 Å². The van der Waals surface area contributed by atoms with Gasteiger partial charge in [0.05, 0.1) is 24.1 Å². The summed E-state index contributed by atoms with van der Waals surface area (Å²) in [6.07, 6.45) is -0.737. The number of nitrogens with one attached hydrogen (secondary N) is 1. The normalized spacial score (nSPS) is 24.2. The van der Waals surface area contributed by atoms with E-state index in [1.54, 1.807) is 12.1 Å². The van der Waals surface area contributed by atoms with E-state index in [0.717, 1.165) is 0 Å². The molecule has 5 heteroatoms. The van der Waals surface area contributed by atoms with E-state index in [1.807, 2.05) is 0 Å². The van der Waals surface area contributed by atoms with Crippen LogP contribution >= 0.6 is 0 Å². The van der Waals surface area contributed by atoms with Crippen LogP contribution < -0.4 is 5.32 Å². The minimum Gasteiger partial charge on any atom is -0.478 e. The Hall–Kier alpha value is -1.88. The minimum atomic E-state index is -1.03. The first-order valence-electron chi connectivity index (χ1n) is 4.88. The van der Waals surface area contributed by atoms with E-state index >= 15 is 0 Å². The molecule has 2 rings (SSSR count). The number of aromatic carboxylic acids is 1. The van der Waals surface area contributed by atoms with Gasteiger partial charge in [0.1, 0.15) is 0 Å². The molecule has 16 heavy (non-hydrogen) atoms. The smallest absolute Gasteiger partial charge is 0.335 e. The van der Waals surface area contributed by atoms with E-state index < -0.39 is 18.1 Å². The van der Waals surface area contributed by atoms with Crippen molar-refractivity contribution >= 4 is 11.9 Å². The Morgan fingerprint density at radius 2 is 2.19 bits per heavy atom. The summed E-state index contributed by atoms with van der Waals surface area (Å²) in [5.74, 6) is -1.25. The number of amides is 1. The molecule has 0 aromatic heterocycles. The zero-order valence-electron chi connectivity index (χ0n) is 8.38. The van der Waals surface area contributed by atoms with Crippen LogP contribution in [0.3, 0.4) is 0 Å². The van der Waals surface area contributed by atoms with Crippen LogP contribution in [0.25, 0.3) is 0 Å². The summed E-state index contributed by atoms with van der Waals surface area (Å²) in [4.78, 5) is 21.8. The highest BCUT2D eigenvalue weighted by molar-refractivity contribution is 5.88. The fourth-order valence-corrected chi connectivity index (χ4v) is 1.81. The van der Waals surface area contributed by atoms with Crippen molar-refractivity contribution in [1.82, 2.24) is 5.32 Å². The monoisotopic (exact) mass is 221 g/mol. The highest BCUT2D eigenvalue weighted by Gasteiger charge is 2.31. The maximum atomic E-state index is 11.1. The molecule has 0 saturated carbocycles. The molecular weight excluding hydrogens is 210 g/mol. The number of rotatable bonds is 2. The largest absolute Gasteiger partial charge is 0.478 e. The third-order valence-corrected chi connectivity index (χ3v) is 2.59. The van der Waals surface area contributed by atoms with Gasteiger partial charge in [-0.15, -0.1) is 0 Å². The number of hydrogen-bond acceptors (Lipinski definition) is 3. The zero-order valence-corrected chi connectivity index (χ0v) is 8.38. The summed E-state index contributed by atoms with van der Waals surface area (Å²) in [7, 11) is 0. The van der Waals surface area contributed by atoms with E-state index in [1.165, 1.54) is 12.1 Å². The number of hydrogen-bond donors (Lipinski definition) is 3. The van der Waals surface area contributed by atoms with E-state index in [-0.39, 0.29) is 17.9 Å². The van der Waals surface area contributed by atoms with Crippen LogP contribution in [0, 0.1) is 0 Å². The third-order valence-electron chi connectivity index (χ3n) is 2.59. The van der Waals surface area contributed by atoms with Crippen LogP contribution in [0.2, 0.25) is 0 Å². The van der Waals surface area contributed by atoms with E-state index in [9.17, 15) is 14.7 Å². The van der Waals surface area contributed by atoms with Crippen molar-refractivity contribution in [3.05, 3.63) is 35.4 Å². The Morgan fingerprint density at radius 1 is 1.44 bits per heavy atom. The first-order chi connectivity index (χ1) is 7.58. The molecule has 1 fully saturated rings. The average Bonchev–Trinajstić information content (AvgIpc) is 2.58. The molecule has 0 aliphatic carbocycles. The van der Waals surface area contributed by atoms with Crippen molar-refractivity contribution in [3.8, 4) is 0 Å². The van der Waals surface area contributed by atoms with Gasteiger partial charge in [0.15, 0.2) is 0 Å². The van der Waals surface area contributed by atoms with Crippen LogP contribution in [0.1, 0.15) is 28.4 Å². The molecule has 1 aliphatic rings. The van der Waals surface area contributed by atoms with Gasteiger partial charge < -0.3 is 15.5 Å². The molecule has 1 aliphatic heterocycles.